The molecule has 3 rings (SSSR count). The van der Waals surface area contributed by atoms with Crippen molar-refractivity contribution in [3.8, 4) is 0 Å². The fourth-order valence-corrected chi connectivity index (χ4v) is 3.50. The summed E-state index contributed by atoms with van der Waals surface area (Å²) < 4.78 is 13.7. The second kappa shape index (κ2) is 8.55. The Morgan fingerprint density at radius 2 is 2.04 bits per heavy atom. The van der Waals surface area contributed by atoms with E-state index < -0.39 is 0 Å². The molecule has 6 nitrogen and oxygen atoms in total. The number of thioether (sulfide) groups is 1. The lowest BCUT2D eigenvalue weighted by Crippen LogP contribution is -2.45. The normalized spacial score (nSPS) is 21.4. The zero-order valence-electron chi connectivity index (χ0n) is 14.2. The van der Waals surface area contributed by atoms with Crippen LogP contribution >= 0.6 is 11.8 Å². The first-order chi connectivity index (χ1) is 12.1. The monoisotopic (exact) mass is 363 g/mol. The van der Waals surface area contributed by atoms with E-state index in [9.17, 15) is 9.18 Å². The molecule has 1 aromatic carbocycles. The van der Waals surface area contributed by atoms with Crippen molar-refractivity contribution in [1.82, 2.24) is 15.1 Å². The number of hydrogen-bond acceptors (Lipinski definition) is 6. The fourth-order valence-electron chi connectivity index (χ4n) is 2.86. The molecule has 1 aromatic rings. The van der Waals surface area contributed by atoms with Crippen LogP contribution in [0.15, 0.2) is 28.4 Å². The van der Waals surface area contributed by atoms with Crippen molar-refractivity contribution in [3.05, 3.63) is 35.1 Å². The Bertz CT molecular complexity index is 686. The SMILES string of the molecule is CCN1CCN(Cc2cc(F)ccc2C=NN=C2NC(=O)CS2)CC1. The lowest BCUT2D eigenvalue weighted by molar-refractivity contribution is -0.116. The van der Waals surface area contributed by atoms with Crippen molar-refractivity contribution in [2.24, 2.45) is 10.2 Å². The molecule has 0 unspecified atom stereocenters. The van der Waals surface area contributed by atoms with Gasteiger partial charge in [0.15, 0.2) is 5.17 Å². The Morgan fingerprint density at radius 1 is 1.28 bits per heavy atom. The van der Waals surface area contributed by atoms with Gasteiger partial charge in [-0.3, -0.25) is 9.69 Å². The Hall–Kier alpha value is -1.77. The molecule has 2 fully saturated rings. The van der Waals surface area contributed by atoms with Crippen LogP contribution in [-0.2, 0) is 11.3 Å². The Balaban J connectivity index is 1.67. The molecule has 0 spiro atoms. The van der Waals surface area contributed by atoms with Crippen molar-refractivity contribution < 1.29 is 9.18 Å². The summed E-state index contributed by atoms with van der Waals surface area (Å²) in [6.45, 7) is 7.97. The summed E-state index contributed by atoms with van der Waals surface area (Å²) >= 11 is 1.33. The predicted octanol–water partition coefficient (Wildman–Crippen LogP) is 1.52. The van der Waals surface area contributed by atoms with E-state index in [1.54, 1.807) is 18.3 Å². The largest absolute Gasteiger partial charge is 0.303 e. The maximum absolute atomic E-state index is 13.7. The first-order valence-corrected chi connectivity index (χ1v) is 9.39. The van der Waals surface area contributed by atoms with Crippen LogP contribution in [0.2, 0.25) is 0 Å². The number of benzene rings is 1. The molecule has 0 saturated carbocycles. The third-order valence-electron chi connectivity index (χ3n) is 4.34. The molecule has 0 aliphatic carbocycles. The zero-order valence-corrected chi connectivity index (χ0v) is 15.1. The molecule has 0 radical (unpaired) electrons. The summed E-state index contributed by atoms with van der Waals surface area (Å²) in [6.07, 6.45) is 1.62. The average molecular weight is 363 g/mol. The number of amidine groups is 1. The minimum atomic E-state index is -0.246. The molecule has 2 aliphatic rings. The molecule has 0 bridgehead atoms. The lowest BCUT2D eigenvalue weighted by atomic mass is 10.1. The third-order valence-corrected chi connectivity index (χ3v) is 5.21. The molecular weight excluding hydrogens is 341 g/mol. The highest BCUT2D eigenvalue weighted by atomic mass is 32.2. The second-order valence-corrected chi connectivity index (χ2v) is 7.00. The van der Waals surface area contributed by atoms with Crippen molar-refractivity contribution in [1.29, 1.82) is 0 Å². The van der Waals surface area contributed by atoms with Crippen molar-refractivity contribution in [2.45, 2.75) is 13.5 Å². The highest BCUT2D eigenvalue weighted by molar-refractivity contribution is 8.15. The van der Waals surface area contributed by atoms with E-state index in [1.807, 2.05) is 0 Å². The van der Waals surface area contributed by atoms with Gasteiger partial charge in [-0.1, -0.05) is 24.8 Å². The van der Waals surface area contributed by atoms with Gasteiger partial charge >= 0.3 is 0 Å². The highest BCUT2D eigenvalue weighted by Gasteiger charge is 2.17. The average Bonchev–Trinajstić information content (AvgIpc) is 3.03. The second-order valence-electron chi connectivity index (χ2n) is 6.04. The van der Waals surface area contributed by atoms with Crippen LogP contribution in [0, 0.1) is 5.82 Å². The molecule has 25 heavy (non-hydrogen) atoms. The predicted molar refractivity (Wildman–Crippen MR) is 99.4 cm³/mol. The van der Waals surface area contributed by atoms with E-state index in [2.05, 4.69) is 32.2 Å². The van der Waals surface area contributed by atoms with Crippen molar-refractivity contribution in [2.75, 3.05) is 38.5 Å². The highest BCUT2D eigenvalue weighted by Crippen LogP contribution is 2.15. The van der Waals surface area contributed by atoms with Crippen LogP contribution in [0.25, 0.3) is 0 Å². The van der Waals surface area contributed by atoms with Crippen molar-refractivity contribution in [3.63, 3.8) is 0 Å². The number of carbonyl (C=O) groups is 1. The Labute approximate surface area is 151 Å². The molecule has 1 amide bonds. The number of carbonyl (C=O) groups excluding carboxylic acids is 1. The smallest absolute Gasteiger partial charge is 0.236 e. The van der Waals surface area contributed by atoms with Crippen LogP contribution in [0.4, 0.5) is 4.39 Å². The quantitative estimate of drug-likeness (QED) is 0.636. The Kier molecular flexibility index (Phi) is 6.17. The number of likely N-dealkylation sites (N-methyl/N-ethyl adjacent to an activating group) is 1. The van der Waals surface area contributed by atoms with E-state index in [0.29, 0.717) is 17.5 Å². The number of nitrogens with one attached hydrogen (secondary N) is 1. The summed E-state index contributed by atoms with van der Waals surface area (Å²) in [6, 6.07) is 4.71. The van der Waals surface area contributed by atoms with Gasteiger partial charge in [0, 0.05) is 32.7 Å². The number of halogens is 1. The standard InChI is InChI=1S/C17H22FN5OS/c1-2-22-5-7-23(8-6-22)11-14-9-15(18)4-3-13(14)10-19-21-17-20-16(24)12-25-17/h3-4,9-10H,2,5-8,11-12H2,1H3,(H,20,21,24). The van der Waals surface area contributed by atoms with Crippen molar-refractivity contribution >= 4 is 29.1 Å². The molecule has 1 N–H and O–H groups in total. The molecule has 2 aliphatic heterocycles. The molecule has 8 heteroatoms. The summed E-state index contributed by atoms with van der Waals surface area (Å²) in [5.74, 6) is 0.0665. The molecule has 2 saturated heterocycles. The van der Waals surface area contributed by atoms with Gasteiger partial charge in [0.1, 0.15) is 5.82 Å². The fraction of sp³-hybridized carbons (Fsp3) is 0.471. The van der Waals surface area contributed by atoms with Crippen LogP contribution in [0.1, 0.15) is 18.1 Å². The number of nitrogens with zero attached hydrogens (tertiary/aromatic N) is 4. The first kappa shape index (κ1) is 18.0. The zero-order chi connectivity index (χ0) is 17.6. The molecule has 2 heterocycles. The third kappa shape index (κ3) is 5.10. The first-order valence-electron chi connectivity index (χ1n) is 8.41. The van der Waals surface area contributed by atoms with Gasteiger partial charge in [-0.25, -0.2) is 4.39 Å². The van der Waals surface area contributed by atoms with Gasteiger partial charge < -0.3 is 10.2 Å². The van der Waals surface area contributed by atoms with E-state index in [4.69, 9.17) is 0 Å². The van der Waals surface area contributed by atoms with Gasteiger partial charge in [0.25, 0.3) is 0 Å². The van der Waals surface area contributed by atoms with Gasteiger partial charge in [-0.05, 0) is 29.8 Å². The Morgan fingerprint density at radius 3 is 2.72 bits per heavy atom. The van der Waals surface area contributed by atoms with E-state index in [1.165, 1.54) is 17.8 Å². The number of rotatable bonds is 5. The minimum absolute atomic E-state index is 0.0624. The number of amides is 1. The minimum Gasteiger partial charge on any atom is -0.303 e. The van der Waals surface area contributed by atoms with E-state index in [-0.39, 0.29) is 11.7 Å². The molecule has 134 valence electrons. The molecular formula is C17H22FN5OS. The van der Waals surface area contributed by atoms with E-state index in [0.717, 1.165) is 43.9 Å². The van der Waals surface area contributed by atoms with Gasteiger partial charge in [0.2, 0.25) is 5.91 Å². The number of hydrogen-bond donors (Lipinski definition) is 1. The van der Waals surface area contributed by atoms with Gasteiger partial charge in [-0.2, -0.15) is 5.10 Å². The van der Waals surface area contributed by atoms with Crippen LogP contribution in [0.3, 0.4) is 0 Å². The lowest BCUT2D eigenvalue weighted by Gasteiger charge is -2.34. The summed E-state index contributed by atoms with van der Waals surface area (Å²) in [5.41, 5.74) is 1.75. The molecule has 0 aromatic heterocycles. The summed E-state index contributed by atoms with van der Waals surface area (Å²) in [7, 11) is 0. The maximum atomic E-state index is 13.7. The van der Waals surface area contributed by atoms with E-state index >= 15 is 0 Å². The number of piperazine rings is 1. The van der Waals surface area contributed by atoms with Crippen LogP contribution in [-0.4, -0.2) is 65.6 Å². The topological polar surface area (TPSA) is 60.3 Å². The van der Waals surface area contributed by atoms with Crippen LogP contribution in [0.5, 0.6) is 0 Å². The summed E-state index contributed by atoms with van der Waals surface area (Å²) in [5, 5.41) is 11.2. The maximum Gasteiger partial charge on any atom is 0.236 e. The van der Waals surface area contributed by atoms with Gasteiger partial charge in [0.05, 0.1) is 12.0 Å². The van der Waals surface area contributed by atoms with Gasteiger partial charge in [-0.15, -0.1) is 5.10 Å². The van der Waals surface area contributed by atoms with Crippen LogP contribution < -0.4 is 5.32 Å². The summed E-state index contributed by atoms with van der Waals surface area (Å²) in [4.78, 5) is 15.9. The molecule has 0 atom stereocenters.